The Labute approximate surface area is 149 Å². The topological polar surface area (TPSA) is 80.8 Å². The summed E-state index contributed by atoms with van der Waals surface area (Å²) in [4.78, 5) is -0.0583. The molecular formula is C17H21NO5S2. The Balaban J connectivity index is 2.28. The molecule has 0 saturated heterocycles. The van der Waals surface area contributed by atoms with E-state index in [1.54, 1.807) is 38.1 Å². The molecule has 8 heteroatoms. The Morgan fingerprint density at radius 1 is 0.800 bits per heavy atom. The molecule has 0 saturated carbocycles. The molecule has 0 amide bonds. The molecule has 0 aliphatic carbocycles. The fourth-order valence-corrected chi connectivity index (χ4v) is 4.65. The number of hydrogen-bond acceptors (Lipinski definition) is 5. The van der Waals surface area contributed by atoms with Crippen LogP contribution in [0.3, 0.4) is 0 Å². The van der Waals surface area contributed by atoms with Crippen molar-refractivity contribution in [1.82, 2.24) is 4.31 Å². The molecule has 25 heavy (non-hydrogen) atoms. The number of rotatable bonds is 7. The van der Waals surface area contributed by atoms with Crippen LogP contribution < -0.4 is 4.18 Å². The van der Waals surface area contributed by atoms with Gasteiger partial charge in [-0.05, 0) is 43.3 Å². The summed E-state index contributed by atoms with van der Waals surface area (Å²) >= 11 is 0. The van der Waals surface area contributed by atoms with Crippen molar-refractivity contribution in [1.29, 1.82) is 0 Å². The van der Waals surface area contributed by atoms with E-state index in [1.165, 1.54) is 28.6 Å². The van der Waals surface area contributed by atoms with E-state index in [1.807, 2.05) is 6.92 Å². The second-order valence-corrected chi connectivity index (χ2v) is 8.90. The monoisotopic (exact) mass is 383 g/mol. The van der Waals surface area contributed by atoms with Crippen molar-refractivity contribution < 1.29 is 21.0 Å². The molecule has 0 bridgehead atoms. The fourth-order valence-electron chi connectivity index (χ4n) is 2.26. The molecule has 2 rings (SSSR count). The van der Waals surface area contributed by atoms with Crippen LogP contribution in [0.1, 0.15) is 19.4 Å². The molecule has 6 nitrogen and oxygen atoms in total. The predicted octanol–water partition coefficient (Wildman–Crippen LogP) is 2.79. The second-order valence-electron chi connectivity index (χ2n) is 5.41. The van der Waals surface area contributed by atoms with E-state index >= 15 is 0 Å². The summed E-state index contributed by atoms with van der Waals surface area (Å²) in [5.74, 6) is 0.199. The van der Waals surface area contributed by atoms with Gasteiger partial charge >= 0.3 is 10.1 Å². The molecule has 0 aliphatic heterocycles. The Hall–Kier alpha value is -1.90. The van der Waals surface area contributed by atoms with Gasteiger partial charge in [0.15, 0.2) is 0 Å². The zero-order chi connectivity index (χ0) is 18.7. The molecule has 0 atom stereocenters. The highest BCUT2D eigenvalue weighted by Gasteiger charge is 2.23. The van der Waals surface area contributed by atoms with Gasteiger partial charge in [-0.1, -0.05) is 31.5 Å². The largest absolute Gasteiger partial charge is 0.379 e. The van der Waals surface area contributed by atoms with E-state index < -0.39 is 20.1 Å². The third-order valence-electron chi connectivity index (χ3n) is 3.68. The first-order valence-electron chi connectivity index (χ1n) is 7.82. The first-order chi connectivity index (χ1) is 11.7. The second kappa shape index (κ2) is 7.55. The summed E-state index contributed by atoms with van der Waals surface area (Å²) in [6, 6.07) is 11.6. The van der Waals surface area contributed by atoms with Crippen LogP contribution in [0.15, 0.2) is 58.3 Å². The lowest BCUT2D eigenvalue weighted by atomic mass is 10.2. The third-order valence-corrected chi connectivity index (χ3v) is 7.01. The molecule has 0 fully saturated rings. The third kappa shape index (κ3) is 4.39. The Morgan fingerprint density at radius 2 is 1.28 bits per heavy atom. The molecule has 2 aromatic carbocycles. The van der Waals surface area contributed by atoms with Crippen molar-refractivity contribution in [3.8, 4) is 5.75 Å². The van der Waals surface area contributed by atoms with E-state index in [4.69, 9.17) is 4.18 Å². The average molecular weight is 383 g/mol. The molecule has 2 aromatic rings. The van der Waals surface area contributed by atoms with E-state index in [0.717, 1.165) is 5.56 Å². The smallest absolute Gasteiger partial charge is 0.339 e. The molecule has 0 unspecified atom stereocenters. The molecule has 0 aliphatic rings. The minimum atomic E-state index is -4.03. The van der Waals surface area contributed by atoms with Crippen molar-refractivity contribution in [2.75, 3.05) is 13.1 Å². The SMILES string of the molecule is CCN(CC)S(=O)(=O)c1ccc(S(=O)(=O)Oc2ccc(C)cc2)cc1. The van der Waals surface area contributed by atoms with Gasteiger partial charge < -0.3 is 4.18 Å². The van der Waals surface area contributed by atoms with Crippen LogP contribution in [-0.2, 0) is 20.1 Å². The van der Waals surface area contributed by atoms with Gasteiger partial charge in [0.25, 0.3) is 0 Å². The van der Waals surface area contributed by atoms with Gasteiger partial charge in [-0.3, -0.25) is 0 Å². The Bertz CT molecular complexity index is 914. The maximum Gasteiger partial charge on any atom is 0.339 e. The maximum atomic E-state index is 12.4. The van der Waals surface area contributed by atoms with Crippen LogP contribution >= 0.6 is 0 Å². The number of aryl methyl sites for hydroxylation is 1. The van der Waals surface area contributed by atoms with E-state index in [2.05, 4.69) is 0 Å². The van der Waals surface area contributed by atoms with Crippen molar-refractivity contribution in [2.24, 2.45) is 0 Å². The number of hydrogen-bond donors (Lipinski definition) is 0. The number of benzene rings is 2. The molecule has 0 N–H and O–H groups in total. The maximum absolute atomic E-state index is 12.4. The molecule has 0 spiro atoms. The summed E-state index contributed by atoms with van der Waals surface area (Å²) in [6.07, 6.45) is 0. The van der Waals surface area contributed by atoms with Crippen LogP contribution in [0.4, 0.5) is 0 Å². The summed E-state index contributed by atoms with van der Waals surface area (Å²) in [7, 11) is -7.66. The van der Waals surface area contributed by atoms with E-state index in [0.29, 0.717) is 13.1 Å². The van der Waals surface area contributed by atoms with Gasteiger partial charge in [0.1, 0.15) is 10.6 Å². The minimum Gasteiger partial charge on any atom is -0.379 e. The van der Waals surface area contributed by atoms with Crippen LogP contribution in [0.25, 0.3) is 0 Å². The first-order valence-corrected chi connectivity index (χ1v) is 10.7. The van der Waals surface area contributed by atoms with Gasteiger partial charge in [0.2, 0.25) is 10.0 Å². The Kier molecular flexibility index (Phi) is 5.87. The highest BCUT2D eigenvalue weighted by molar-refractivity contribution is 7.89. The normalized spacial score (nSPS) is 12.3. The van der Waals surface area contributed by atoms with Crippen molar-refractivity contribution in [3.05, 3.63) is 54.1 Å². The summed E-state index contributed by atoms with van der Waals surface area (Å²) < 4.78 is 55.8. The van der Waals surface area contributed by atoms with Crippen LogP contribution in [0.5, 0.6) is 5.75 Å². The van der Waals surface area contributed by atoms with E-state index in [-0.39, 0.29) is 15.5 Å². The van der Waals surface area contributed by atoms with Gasteiger partial charge in [-0.25, -0.2) is 8.42 Å². The van der Waals surface area contributed by atoms with E-state index in [9.17, 15) is 16.8 Å². The lowest BCUT2D eigenvalue weighted by molar-refractivity contribution is 0.445. The zero-order valence-electron chi connectivity index (χ0n) is 14.3. The van der Waals surface area contributed by atoms with Crippen LogP contribution in [0, 0.1) is 6.92 Å². The van der Waals surface area contributed by atoms with Gasteiger partial charge in [-0.15, -0.1) is 0 Å². The molecule has 0 radical (unpaired) electrons. The molecule has 0 heterocycles. The summed E-state index contributed by atoms with van der Waals surface area (Å²) in [5.41, 5.74) is 0.982. The van der Waals surface area contributed by atoms with Gasteiger partial charge in [-0.2, -0.15) is 12.7 Å². The van der Waals surface area contributed by atoms with Crippen LogP contribution in [-0.4, -0.2) is 34.2 Å². The number of nitrogens with zero attached hydrogens (tertiary/aromatic N) is 1. The molecule has 0 aromatic heterocycles. The van der Waals surface area contributed by atoms with Crippen molar-refractivity contribution in [3.63, 3.8) is 0 Å². The average Bonchev–Trinajstić information content (AvgIpc) is 2.58. The molecular weight excluding hydrogens is 362 g/mol. The number of sulfonamides is 1. The highest BCUT2D eigenvalue weighted by atomic mass is 32.2. The Morgan fingerprint density at radius 3 is 1.76 bits per heavy atom. The van der Waals surface area contributed by atoms with Gasteiger partial charge in [0.05, 0.1) is 4.90 Å². The lowest BCUT2D eigenvalue weighted by Crippen LogP contribution is -2.30. The lowest BCUT2D eigenvalue weighted by Gasteiger charge is -2.18. The van der Waals surface area contributed by atoms with Gasteiger partial charge in [0, 0.05) is 13.1 Å². The van der Waals surface area contributed by atoms with Crippen molar-refractivity contribution >= 4 is 20.1 Å². The fraction of sp³-hybridized carbons (Fsp3) is 0.294. The standard InChI is InChI=1S/C17H21NO5S2/c1-4-18(5-2)24(19,20)16-10-12-17(13-11-16)25(21,22)23-15-8-6-14(3)7-9-15/h6-13H,4-5H2,1-3H3. The van der Waals surface area contributed by atoms with Crippen molar-refractivity contribution in [2.45, 2.75) is 30.6 Å². The predicted molar refractivity (Wildman–Crippen MR) is 95.5 cm³/mol. The van der Waals surface area contributed by atoms with Crippen LogP contribution in [0.2, 0.25) is 0 Å². The molecule has 136 valence electrons. The first kappa shape index (κ1) is 19.4. The quantitative estimate of drug-likeness (QED) is 0.687. The zero-order valence-corrected chi connectivity index (χ0v) is 16.0. The summed E-state index contributed by atoms with van der Waals surface area (Å²) in [5, 5.41) is 0. The summed E-state index contributed by atoms with van der Waals surface area (Å²) in [6.45, 7) is 6.06. The highest BCUT2D eigenvalue weighted by Crippen LogP contribution is 2.22. The minimum absolute atomic E-state index is 0.0467.